The average Bonchev–Trinajstić information content (AvgIpc) is 2.83. The highest BCUT2D eigenvalue weighted by atomic mass is 19.4. The van der Waals surface area contributed by atoms with Gasteiger partial charge < -0.3 is 0 Å². The van der Waals surface area contributed by atoms with Gasteiger partial charge >= 0.3 is 6.18 Å². The number of benzene rings is 3. The number of hydrogen-bond donors (Lipinski definition) is 0. The summed E-state index contributed by atoms with van der Waals surface area (Å²) < 4.78 is 51.5. The van der Waals surface area contributed by atoms with Crippen molar-refractivity contribution in [3.63, 3.8) is 0 Å². The molecule has 0 radical (unpaired) electrons. The molecule has 0 atom stereocenters. The zero-order valence-electron chi connectivity index (χ0n) is 17.1. The third-order valence-electron chi connectivity index (χ3n) is 5.47. The Labute approximate surface area is 187 Å². The fourth-order valence-corrected chi connectivity index (χ4v) is 3.67. The third-order valence-corrected chi connectivity index (χ3v) is 5.47. The molecule has 0 aliphatic rings. The van der Waals surface area contributed by atoms with Gasteiger partial charge in [-0.3, -0.25) is 9.97 Å². The number of aromatic nitrogens is 2. The van der Waals surface area contributed by atoms with Gasteiger partial charge in [-0.05, 0) is 65.7 Å². The average molecular weight is 444 g/mol. The van der Waals surface area contributed by atoms with Crippen LogP contribution >= 0.6 is 0 Å². The van der Waals surface area contributed by atoms with E-state index in [1.807, 2.05) is 36.4 Å². The molecule has 33 heavy (non-hydrogen) atoms. The standard InChI is InChI=1S/C27H16F4N2/c28-24-10-5-18(6-11-24)25-12-7-21(15-32-25)22-13-20-2-1-19(14-26(20)33-16-22)17-3-8-23(9-4-17)27(29,30)31/h1-16H. The molecule has 0 aliphatic carbocycles. The van der Waals surface area contributed by atoms with E-state index < -0.39 is 11.7 Å². The van der Waals surface area contributed by atoms with Crippen LogP contribution in [0.15, 0.2) is 97.3 Å². The molecular weight excluding hydrogens is 428 g/mol. The van der Waals surface area contributed by atoms with Crippen LogP contribution in [-0.2, 0) is 6.18 Å². The van der Waals surface area contributed by atoms with Gasteiger partial charge in [0.05, 0.1) is 16.8 Å². The quantitative estimate of drug-likeness (QED) is 0.266. The van der Waals surface area contributed by atoms with Crippen LogP contribution in [-0.4, -0.2) is 9.97 Å². The lowest BCUT2D eigenvalue weighted by Gasteiger charge is -2.09. The van der Waals surface area contributed by atoms with Crippen LogP contribution in [0.1, 0.15) is 5.56 Å². The number of rotatable bonds is 3. The van der Waals surface area contributed by atoms with E-state index >= 15 is 0 Å². The van der Waals surface area contributed by atoms with Crippen LogP contribution in [0, 0.1) is 5.82 Å². The van der Waals surface area contributed by atoms with E-state index in [-0.39, 0.29) is 5.82 Å². The maximum absolute atomic E-state index is 13.1. The molecule has 0 amide bonds. The molecule has 2 nitrogen and oxygen atoms in total. The van der Waals surface area contributed by atoms with Crippen LogP contribution in [0.2, 0.25) is 0 Å². The van der Waals surface area contributed by atoms with Gasteiger partial charge in [-0.25, -0.2) is 4.39 Å². The van der Waals surface area contributed by atoms with Gasteiger partial charge in [0.15, 0.2) is 0 Å². The van der Waals surface area contributed by atoms with Gasteiger partial charge in [-0.15, -0.1) is 0 Å². The SMILES string of the molecule is Fc1ccc(-c2ccc(-c3cnc4cc(-c5ccc(C(F)(F)F)cc5)ccc4c3)cn2)cc1. The lowest BCUT2D eigenvalue weighted by molar-refractivity contribution is -0.137. The number of halogens is 4. The fraction of sp³-hybridized carbons (Fsp3) is 0.0370. The summed E-state index contributed by atoms with van der Waals surface area (Å²) in [6.07, 6.45) is -0.864. The van der Waals surface area contributed by atoms with E-state index in [2.05, 4.69) is 9.97 Å². The molecule has 0 N–H and O–H groups in total. The summed E-state index contributed by atoms with van der Waals surface area (Å²) in [5.41, 5.74) is 4.91. The molecule has 0 saturated heterocycles. The van der Waals surface area contributed by atoms with Crippen molar-refractivity contribution in [2.75, 3.05) is 0 Å². The van der Waals surface area contributed by atoms with Gasteiger partial charge in [-0.1, -0.05) is 30.3 Å². The minimum atomic E-state index is -4.36. The topological polar surface area (TPSA) is 25.8 Å². The number of nitrogens with zero attached hydrogens (tertiary/aromatic N) is 2. The Balaban J connectivity index is 1.41. The summed E-state index contributed by atoms with van der Waals surface area (Å²) in [6, 6.07) is 22.7. The molecule has 0 aliphatic heterocycles. The van der Waals surface area contributed by atoms with E-state index in [0.29, 0.717) is 5.56 Å². The Kier molecular flexibility index (Phi) is 5.13. The predicted octanol–water partition coefficient (Wildman–Crippen LogP) is 7.79. The van der Waals surface area contributed by atoms with Crippen molar-refractivity contribution in [3.8, 4) is 33.5 Å². The molecule has 5 rings (SSSR count). The van der Waals surface area contributed by atoms with Gasteiger partial charge in [0.2, 0.25) is 0 Å². The zero-order valence-corrected chi connectivity index (χ0v) is 17.1. The largest absolute Gasteiger partial charge is 0.416 e. The Morgan fingerprint density at radius 1 is 0.545 bits per heavy atom. The van der Waals surface area contributed by atoms with Crippen molar-refractivity contribution in [2.45, 2.75) is 6.18 Å². The van der Waals surface area contributed by atoms with E-state index in [1.165, 1.54) is 24.3 Å². The third kappa shape index (κ3) is 4.32. The molecular formula is C27H16F4N2. The minimum Gasteiger partial charge on any atom is -0.256 e. The first-order valence-electron chi connectivity index (χ1n) is 10.2. The van der Waals surface area contributed by atoms with Gasteiger partial charge in [-0.2, -0.15) is 13.2 Å². The Morgan fingerprint density at radius 2 is 1.18 bits per heavy atom. The van der Waals surface area contributed by atoms with Crippen LogP contribution in [0.4, 0.5) is 17.6 Å². The van der Waals surface area contributed by atoms with Crippen molar-refractivity contribution in [1.82, 2.24) is 9.97 Å². The number of alkyl halides is 3. The molecule has 0 spiro atoms. The van der Waals surface area contributed by atoms with E-state index in [4.69, 9.17) is 0 Å². The maximum Gasteiger partial charge on any atom is 0.416 e. The summed E-state index contributed by atoms with van der Waals surface area (Å²) in [5, 5.41) is 0.908. The maximum atomic E-state index is 13.1. The first-order chi connectivity index (χ1) is 15.9. The smallest absolute Gasteiger partial charge is 0.256 e. The zero-order chi connectivity index (χ0) is 23.0. The second-order valence-electron chi connectivity index (χ2n) is 7.65. The second kappa shape index (κ2) is 8.13. The van der Waals surface area contributed by atoms with E-state index in [9.17, 15) is 17.6 Å². The van der Waals surface area contributed by atoms with Crippen LogP contribution in [0.5, 0.6) is 0 Å². The molecule has 3 aromatic carbocycles. The van der Waals surface area contributed by atoms with E-state index in [0.717, 1.165) is 51.0 Å². The molecule has 5 aromatic rings. The molecule has 0 bridgehead atoms. The summed E-state index contributed by atoms with van der Waals surface area (Å²) >= 11 is 0. The number of fused-ring (bicyclic) bond motifs is 1. The lowest BCUT2D eigenvalue weighted by atomic mass is 10.0. The van der Waals surface area contributed by atoms with Crippen LogP contribution < -0.4 is 0 Å². The van der Waals surface area contributed by atoms with E-state index in [1.54, 1.807) is 24.5 Å². The molecule has 0 fully saturated rings. The number of hydrogen-bond acceptors (Lipinski definition) is 2. The van der Waals surface area contributed by atoms with Crippen molar-refractivity contribution in [2.24, 2.45) is 0 Å². The summed E-state index contributed by atoms with van der Waals surface area (Å²) in [7, 11) is 0. The summed E-state index contributed by atoms with van der Waals surface area (Å²) in [4.78, 5) is 9.02. The molecule has 6 heteroatoms. The van der Waals surface area contributed by atoms with Crippen LogP contribution in [0.25, 0.3) is 44.4 Å². The highest BCUT2D eigenvalue weighted by molar-refractivity contribution is 5.87. The highest BCUT2D eigenvalue weighted by Crippen LogP contribution is 2.32. The Morgan fingerprint density at radius 3 is 1.85 bits per heavy atom. The molecule has 0 unspecified atom stereocenters. The Bertz CT molecular complexity index is 1420. The first-order valence-corrected chi connectivity index (χ1v) is 10.2. The van der Waals surface area contributed by atoms with Crippen molar-refractivity contribution in [3.05, 3.63) is 109 Å². The highest BCUT2D eigenvalue weighted by Gasteiger charge is 2.29. The minimum absolute atomic E-state index is 0.293. The van der Waals surface area contributed by atoms with Crippen molar-refractivity contribution in [1.29, 1.82) is 0 Å². The predicted molar refractivity (Wildman–Crippen MR) is 121 cm³/mol. The van der Waals surface area contributed by atoms with Gasteiger partial charge in [0.25, 0.3) is 0 Å². The van der Waals surface area contributed by atoms with Crippen molar-refractivity contribution < 1.29 is 17.6 Å². The summed E-state index contributed by atoms with van der Waals surface area (Å²) in [5.74, 6) is -0.293. The molecule has 162 valence electrons. The Hall–Kier alpha value is -4.06. The van der Waals surface area contributed by atoms with Gasteiger partial charge in [0, 0.05) is 34.5 Å². The second-order valence-corrected chi connectivity index (χ2v) is 7.65. The molecule has 2 heterocycles. The normalized spacial score (nSPS) is 11.6. The first kappa shape index (κ1) is 20.8. The van der Waals surface area contributed by atoms with Gasteiger partial charge in [0.1, 0.15) is 5.82 Å². The lowest BCUT2D eigenvalue weighted by Crippen LogP contribution is -2.03. The van der Waals surface area contributed by atoms with Crippen LogP contribution in [0.3, 0.4) is 0 Å². The monoisotopic (exact) mass is 444 g/mol. The molecule has 0 saturated carbocycles. The number of pyridine rings is 2. The molecule has 2 aromatic heterocycles. The fourth-order valence-electron chi connectivity index (χ4n) is 3.67. The summed E-state index contributed by atoms with van der Waals surface area (Å²) in [6.45, 7) is 0. The van der Waals surface area contributed by atoms with Crippen molar-refractivity contribution >= 4 is 10.9 Å².